The number of oxime groups is 1. The maximum atomic E-state index is 13.2. The van der Waals surface area contributed by atoms with Crippen molar-refractivity contribution in [2.45, 2.75) is 30.7 Å². The van der Waals surface area contributed by atoms with Crippen LogP contribution >= 0.6 is 23.3 Å². The lowest BCUT2D eigenvalue weighted by molar-refractivity contribution is -0.940. The number of carboxylic acids is 1. The number of nitrogens with one attached hydrogen (secondary N) is 2. The van der Waals surface area contributed by atoms with Gasteiger partial charge in [0.25, 0.3) is 11.8 Å². The van der Waals surface area contributed by atoms with Gasteiger partial charge in [0.2, 0.25) is 22.6 Å². The Labute approximate surface area is 235 Å². The Morgan fingerprint density at radius 3 is 2.48 bits per heavy atom. The van der Waals surface area contributed by atoms with Gasteiger partial charge in [-0.2, -0.15) is 9.36 Å². The number of nitrogens with zero attached hydrogens (tertiary/aromatic N) is 5. The minimum absolute atomic E-state index is 0.0691. The number of carbonyl (C=O) groups excluding carboxylic acids is 3. The lowest BCUT2D eigenvalue weighted by Crippen LogP contribution is -2.71. The highest BCUT2D eigenvalue weighted by molar-refractivity contribution is 8.00. The van der Waals surface area contributed by atoms with Crippen molar-refractivity contribution in [1.29, 1.82) is 0 Å². The minimum atomic E-state index is -1.36. The van der Waals surface area contributed by atoms with Crippen LogP contribution < -0.4 is 16.4 Å². The maximum absolute atomic E-state index is 13.2. The van der Waals surface area contributed by atoms with E-state index in [0.717, 1.165) is 19.6 Å². The van der Waals surface area contributed by atoms with E-state index in [4.69, 9.17) is 15.7 Å². The number of anilines is 1. The van der Waals surface area contributed by atoms with Crippen LogP contribution in [0.15, 0.2) is 16.4 Å². The van der Waals surface area contributed by atoms with Crippen molar-refractivity contribution in [2.75, 3.05) is 44.4 Å². The van der Waals surface area contributed by atoms with Crippen LogP contribution in [-0.2, 0) is 24.0 Å². The fraction of sp³-hybridized carbons (Fsp3) is 0.545. The fourth-order valence-corrected chi connectivity index (χ4v) is 7.72. The molecule has 0 aliphatic carbocycles. The van der Waals surface area contributed by atoms with Gasteiger partial charge in [-0.25, -0.2) is 9.59 Å². The standard InChI is InChI=1S/C22H26N8O8S2/c1-38-27-11(14-25-20(40-28-14)26-21(36)37)15(31)24-12-16(32)29-13(18(33)34)10(9-39-17(12)29)8-30-5-2-22(3-6-30,4-7-30)19(23)35/h12,17H,2-9H2,1H3,(H5-,23,24,25,26,28,31,33,34,35,36,37)/p+1/t12?,17-,22?,30?/m1/s1. The molecule has 6 N–H and O–H groups in total. The van der Waals surface area contributed by atoms with Crippen LogP contribution in [0.1, 0.15) is 25.1 Å². The van der Waals surface area contributed by atoms with E-state index in [1.165, 1.54) is 23.8 Å². The van der Waals surface area contributed by atoms with Gasteiger partial charge in [-0.1, -0.05) is 5.16 Å². The molecule has 1 unspecified atom stereocenters. The maximum Gasteiger partial charge on any atom is 0.411 e. The average Bonchev–Trinajstić information content (AvgIpc) is 3.37. The highest BCUT2D eigenvalue weighted by atomic mass is 32.2. The highest BCUT2D eigenvalue weighted by Gasteiger charge is 2.57. The molecular weight excluding hydrogens is 568 g/mol. The van der Waals surface area contributed by atoms with Gasteiger partial charge in [0, 0.05) is 42.1 Å². The van der Waals surface area contributed by atoms with Gasteiger partial charge in [-0.05, 0) is 0 Å². The molecule has 4 amide bonds. The second-order valence-electron chi connectivity index (χ2n) is 10.2. The van der Waals surface area contributed by atoms with Gasteiger partial charge >= 0.3 is 12.1 Å². The van der Waals surface area contributed by atoms with Gasteiger partial charge < -0.3 is 30.6 Å². The quantitative estimate of drug-likeness (QED) is 0.103. The first-order valence-corrected chi connectivity index (χ1v) is 14.1. The van der Waals surface area contributed by atoms with Crippen molar-refractivity contribution in [1.82, 2.24) is 19.6 Å². The number of primary amides is 1. The first kappa shape index (κ1) is 27.8. The molecule has 6 heterocycles. The number of carbonyl (C=O) groups is 5. The lowest BCUT2D eigenvalue weighted by atomic mass is 9.70. The number of amides is 4. The number of aliphatic carboxylic acids is 1. The predicted octanol–water partition coefficient (Wildman–Crippen LogP) is -0.797. The zero-order valence-electron chi connectivity index (χ0n) is 21.3. The number of aromatic nitrogens is 2. The lowest BCUT2D eigenvalue weighted by Gasteiger charge is -2.55. The molecule has 4 saturated heterocycles. The van der Waals surface area contributed by atoms with Gasteiger partial charge in [0.15, 0.2) is 0 Å². The Balaban J connectivity index is 1.30. The van der Waals surface area contributed by atoms with Crippen molar-refractivity contribution in [2.24, 2.45) is 16.3 Å². The Hall–Kier alpha value is -3.77. The normalized spacial score (nSPS) is 29.4. The van der Waals surface area contributed by atoms with Crippen LogP contribution in [0.25, 0.3) is 0 Å². The number of fused-ring (bicyclic) bond motifs is 4. The number of hydrogen-bond acceptors (Lipinski definition) is 11. The van der Waals surface area contributed by atoms with Gasteiger partial charge in [0.1, 0.15) is 30.8 Å². The van der Waals surface area contributed by atoms with Crippen LogP contribution in [0.5, 0.6) is 0 Å². The van der Waals surface area contributed by atoms with Crippen molar-refractivity contribution < 1.29 is 43.5 Å². The minimum Gasteiger partial charge on any atom is -0.477 e. The summed E-state index contributed by atoms with van der Waals surface area (Å²) < 4.78 is 4.57. The molecule has 0 spiro atoms. The van der Waals surface area contributed by atoms with E-state index in [2.05, 4.69) is 19.8 Å². The molecule has 2 bridgehead atoms. The Morgan fingerprint density at radius 2 is 1.90 bits per heavy atom. The van der Waals surface area contributed by atoms with E-state index < -0.39 is 40.7 Å². The van der Waals surface area contributed by atoms with E-state index >= 15 is 0 Å². The summed E-state index contributed by atoms with van der Waals surface area (Å²) in [7, 11) is 1.19. The largest absolute Gasteiger partial charge is 0.477 e. The summed E-state index contributed by atoms with van der Waals surface area (Å²) in [6, 6.07) is -1.03. The number of hydrogen-bond donors (Lipinski definition) is 5. The predicted molar refractivity (Wildman–Crippen MR) is 140 cm³/mol. The fourth-order valence-electron chi connectivity index (χ4n) is 5.83. The summed E-state index contributed by atoms with van der Waals surface area (Å²) in [4.78, 5) is 71.2. The first-order valence-electron chi connectivity index (χ1n) is 12.3. The van der Waals surface area contributed by atoms with Crippen molar-refractivity contribution in [3.8, 4) is 0 Å². The van der Waals surface area contributed by atoms with Crippen LogP contribution in [0.3, 0.4) is 0 Å². The number of piperidine rings is 3. The molecule has 2 atom stereocenters. The van der Waals surface area contributed by atoms with Crippen LogP contribution in [-0.4, -0.2) is 115 Å². The zero-order chi connectivity index (χ0) is 28.8. The van der Waals surface area contributed by atoms with Crippen molar-refractivity contribution in [3.63, 3.8) is 0 Å². The first-order chi connectivity index (χ1) is 19.0. The Bertz CT molecular complexity index is 1340. The van der Waals surface area contributed by atoms with Crippen molar-refractivity contribution >= 4 is 63.9 Å². The molecule has 0 radical (unpaired) electrons. The molecule has 18 heteroatoms. The molecule has 214 valence electrons. The molecule has 6 rings (SSSR count). The van der Waals surface area contributed by atoms with Crippen molar-refractivity contribution in [3.05, 3.63) is 17.1 Å². The molecule has 40 heavy (non-hydrogen) atoms. The number of carboxylic acid groups (broad SMARTS) is 2. The SMILES string of the molecule is CON=C(C(=O)NC1C(=O)N2C(C(=O)O)=C(C[N+]34CCC(C(N)=O)(CC3)CC4)CS[C@H]12)c1nsc(NC(=O)O)n1. The molecule has 1 aromatic heterocycles. The van der Waals surface area contributed by atoms with Gasteiger partial charge in [-0.3, -0.25) is 24.6 Å². The topological polar surface area (TPSA) is 226 Å². The monoisotopic (exact) mass is 595 g/mol. The molecular formula is C22H27N8O8S2+. The number of thioether (sulfide) groups is 1. The number of quaternary nitrogens is 1. The number of rotatable bonds is 9. The molecule has 5 aliphatic rings. The molecule has 16 nitrogen and oxygen atoms in total. The van der Waals surface area contributed by atoms with E-state index in [0.29, 0.717) is 53.1 Å². The summed E-state index contributed by atoms with van der Waals surface area (Å²) >= 11 is 2.04. The van der Waals surface area contributed by atoms with E-state index in [-0.39, 0.29) is 28.3 Å². The highest BCUT2D eigenvalue weighted by Crippen LogP contribution is 2.46. The summed E-state index contributed by atoms with van der Waals surface area (Å²) in [6.07, 6.45) is 0.630. The number of nitrogens with two attached hydrogens (primary N) is 1. The van der Waals surface area contributed by atoms with Gasteiger partial charge in [0.05, 0.1) is 25.0 Å². The zero-order valence-corrected chi connectivity index (χ0v) is 22.9. The summed E-state index contributed by atoms with van der Waals surface area (Å²) in [6.45, 7) is 2.62. The Morgan fingerprint density at radius 1 is 1.23 bits per heavy atom. The van der Waals surface area contributed by atoms with Gasteiger partial charge in [-0.15, -0.1) is 11.8 Å². The second kappa shape index (κ2) is 10.3. The molecule has 0 saturated carbocycles. The summed E-state index contributed by atoms with van der Waals surface area (Å²) in [5.41, 5.74) is 5.39. The second-order valence-corrected chi connectivity index (χ2v) is 12.0. The number of β-lactam (4-membered cyclic amide) rings is 1. The van der Waals surface area contributed by atoms with E-state index in [9.17, 15) is 29.1 Å². The molecule has 5 aliphatic heterocycles. The van der Waals surface area contributed by atoms with E-state index in [1.54, 1.807) is 0 Å². The van der Waals surface area contributed by atoms with Crippen LogP contribution in [0.2, 0.25) is 0 Å². The third-order valence-electron chi connectivity index (χ3n) is 8.03. The third-order valence-corrected chi connectivity index (χ3v) is 10.00. The van der Waals surface area contributed by atoms with Crippen LogP contribution in [0.4, 0.5) is 9.93 Å². The molecule has 0 aromatic carbocycles. The summed E-state index contributed by atoms with van der Waals surface area (Å²) in [5, 5.41) is 26.4. The smallest absolute Gasteiger partial charge is 0.411 e. The average molecular weight is 596 g/mol. The summed E-state index contributed by atoms with van der Waals surface area (Å²) in [5.74, 6) is -2.76. The third kappa shape index (κ3) is 4.75. The van der Waals surface area contributed by atoms with E-state index in [1.807, 2.05) is 5.32 Å². The molecule has 4 fully saturated rings. The van der Waals surface area contributed by atoms with Crippen LogP contribution in [0, 0.1) is 5.41 Å². The Kier molecular flexibility index (Phi) is 7.17. The molecule has 1 aromatic rings.